The summed E-state index contributed by atoms with van der Waals surface area (Å²) in [6.45, 7) is 18.5. The highest BCUT2D eigenvalue weighted by Crippen LogP contribution is 2.30. The quantitative estimate of drug-likeness (QED) is 0.552. The molecule has 0 saturated heterocycles. The van der Waals surface area contributed by atoms with Gasteiger partial charge in [-0.05, 0) is 62.4 Å². The molecule has 1 heteroatoms. The summed E-state index contributed by atoms with van der Waals surface area (Å²) in [6, 6.07) is 6.48. The van der Waals surface area contributed by atoms with Crippen molar-refractivity contribution in [3.63, 3.8) is 0 Å². The lowest BCUT2D eigenvalue weighted by molar-refractivity contribution is 1.19. The maximum atomic E-state index is 2.67. The first kappa shape index (κ1) is 17.2. The Morgan fingerprint density at radius 3 is 1.85 bits per heavy atom. The summed E-state index contributed by atoms with van der Waals surface area (Å²) in [5.74, 6) is 0. The normalized spacial score (nSPS) is 12.9. The number of rotatable bonds is 5. The Hall–Kier alpha value is -0.823. The standard InChI is InChI=1S/C19H32Si/c1-9-20(10-2,11-3)13-15(5)19-12-14(4)16(6)17(7)18(19)8/h12-13H,9-11H2,1-8H3/b15-13+. The number of aryl methyl sites for hydroxylation is 1. The van der Waals surface area contributed by atoms with Crippen molar-refractivity contribution in [3.8, 4) is 0 Å². The molecule has 1 aromatic carbocycles. The van der Waals surface area contributed by atoms with Crippen LogP contribution in [0.15, 0.2) is 11.8 Å². The lowest BCUT2D eigenvalue weighted by Gasteiger charge is -2.26. The van der Waals surface area contributed by atoms with E-state index in [9.17, 15) is 0 Å². The zero-order valence-electron chi connectivity index (χ0n) is 14.8. The average Bonchev–Trinajstić information content (AvgIpc) is 2.46. The monoisotopic (exact) mass is 288 g/mol. The van der Waals surface area contributed by atoms with Crippen LogP contribution in [0.25, 0.3) is 5.57 Å². The molecule has 0 aromatic heterocycles. The maximum absolute atomic E-state index is 2.67. The van der Waals surface area contributed by atoms with Gasteiger partial charge in [0.25, 0.3) is 0 Å². The van der Waals surface area contributed by atoms with Crippen LogP contribution in [-0.4, -0.2) is 8.07 Å². The molecule has 0 fully saturated rings. The predicted molar refractivity (Wildman–Crippen MR) is 96.2 cm³/mol. The number of allylic oxidation sites excluding steroid dienone is 1. The molecule has 0 amide bonds. The highest BCUT2D eigenvalue weighted by molar-refractivity contribution is 6.85. The van der Waals surface area contributed by atoms with Gasteiger partial charge in [-0.2, -0.15) is 0 Å². The first-order valence-electron chi connectivity index (χ1n) is 8.09. The van der Waals surface area contributed by atoms with Crippen molar-refractivity contribution in [3.05, 3.63) is 39.6 Å². The third-order valence-corrected chi connectivity index (χ3v) is 10.8. The Kier molecular flexibility index (Phi) is 5.82. The molecule has 0 saturated carbocycles. The molecular formula is C19H32Si. The van der Waals surface area contributed by atoms with Crippen LogP contribution in [-0.2, 0) is 0 Å². The van der Waals surface area contributed by atoms with Gasteiger partial charge in [0.05, 0.1) is 8.07 Å². The summed E-state index contributed by atoms with van der Waals surface area (Å²) in [7, 11) is -1.20. The van der Waals surface area contributed by atoms with Crippen LogP contribution < -0.4 is 0 Å². The van der Waals surface area contributed by atoms with Gasteiger partial charge >= 0.3 is 0 Å². The topological polar surface area (TPSA) is 0 Å². The second kappa shape index (κ2) is 6.75. The fourth-order valence-electron chi connectivity index (χ4n) is 3.21. The fourth-order valence-corrected chi connectivity index (χ4v) is 6.40. The summed E-state index contributed by atoms with van der Waals surface area (Å²) in [4.78, 5) is 0. The van der Waals surface area contributed by atoms with Crippen LogP contribution in [0.2, 0.25) is 18.1 Å². The summed E-state index contributed by atoms with van der Waals surface area (Å²) < 4.78 is 0. The average molecular weight is 289 g/mol. The van der Waals surface area contributed by atoms with Crippen molar-refractivity contribution in [1.29, 1.82) is 0 Å². The fraction of sp³-hybridized carbons (Fsp3) is 0.579. The first-order chi connectivity index (χ1) is 9.31. The van der Waals surface area contributed by atoms with Crippen molar-refractivity contribution in [2.75, 3.05) is 0 Å². The van der Waals surface area contributed by atoms with E-state index >= 15 is 0 Å². The van der Waals surface area contributed by atoms with Crippen molar-refractivity contribution in [1.82, 2.24) is 0 Å². The second-order valence-corrected chi connectivity index (χ2v) is 11.5. The molecule has 20 heavy (non-hydrogen) atoms. The van der Waals surface area contributed by atoms with E-state index in [1.807, 2.05) is 0 Å². The van der Waals surface area contributed by atoms with Crippen molar-refractivity contribution in [2.45, 2.75) is 73.5 Å². The van der Waals surface area contributed by atoms with Gasteiger partial charge in [0, 0.05) is 0 Å². The molecule has 0 N–H and O–H groups in total. The molecule has 0 bridgehead atoms. The van der Waals surface area contributed by atoms with Gasteiger partial charge < -0.3 is 0 Å². The van der Waals surface area contributed by atoms with E-state index in [1.54, 1.807) is 0 Å². The predicted octanol–water partition coefficient (Wildman–Crippen LogP) is 6.37. The molecular weight excluding hydrogens is 256 g/mol. The molecule has 112 valence electrons. The van der Waals surface area contributed by atoms with Gasteiger partial charge in [-0.1, -0.05) is 56.2 Å². The summed E-state index contributed by atoms with van der Waals surface area (Å²) in [6.07, 6.45) is 0. The smallest absolute Gasteiger partial charge is 0.0773 e. The first-order valence-corrected chi connectivity index (χ1v) is 10.8. The van der Waals surface area contributed by atoms with Gasteiger partial charge in [0.2, 0.25) is 0 Å². The van der Waals surface area contributed by atoms with E-state index < -0.39 is 8.07 Å². The van der Waals surface area contributed by atoms with E-state index in [2.05, 4.69) is 67.2 Å². The molecule has 0 radical (unpaired) electrons. The third kappa shape index (κ3) is 3.25. The molecule has 0 aliphatic carbocycles. The minimum Gasteiger partial charge on any atom is -0.0908 e. The number of hydrogen-bond donors (Lipinski definition) is 0. The van der Waals surface area contributed by atoms with E-state index in [1.165, 1.54) is 51.5 Å². The molecule has 0 spiro atoms. The molecule has 1 aromatic rings. The van der Waals surface area contributed by atoms with Crippen LogP contribution in [0.1, 0.15) is 55.5 Å². The molecule has 0 nitrogen and oxygen atoms in total. The molecule has 0 atom stereocenters. The summed E-state index contributed by atoms with van der Waals surface area (Å²) >= 11 is 0. The van der Waals surface area contributed by atoms with Gasteiger partial charge in [-0.15, -0.1) is 0 Å². The van der Waals surface area contributed by atoms with E-state index in [4.69, 9.17) is 0 Å². The molecule has 0 unspecified atom stereocenters. The zero-order valence-corrected chi connectivity index (χ0v) is 15.8. The van der Waals surface area contributed by atoms with Crippen LogP contribution in [0.3, 0.4) is 0 Å². The Balaban J connectivity index is 3.38. The van der Waals surface area contributed by atoms with Crippen LogP contribution in [0.5, 0.6) is 0 Å². The Morgan fingerprint density at radius 2 is 1.40 bits per heavy atom. The lowest BCUT2D eigenvalue weighted by atomic mass is 9.92. The molecule has 0 aliphatic rings. The number of benzene rings is 1. The third-order valence-electron chi connectivity index (χ3n) is 5.54. The van der Waals surface area contributed by atoms with Gasteiger partial charge in [0.15, 0.2) is 0 Å². The summed E-state index contributed by atoms with van der Waals surface area (Å²) in [5, 5.41) is 0. The van der Waals surface area contributed by atoms with E-state index in [0.29, 0.717) is 0 Å². The molecule has 0 aliphatic heterocycles. The van der Waals surface area contributed by atoms with Gasteiger partial charge in [-0.3, -0.25) is 0 Å². The Bertz CT molecular complexity index is 497. The number of hydrogen-bond acceptors (Lipinski definition) is 0. The largest absolute Gasteiger partial charge is 0.0908 e. The van der Waals surface area contributed by atoms with Gasteiger partial charge in [0.1, 0.15) is 0 Å². The van der Waals surface area contributed by atoms with Crippen molar-refractivity contribution in [2.24, 2.45) is 0 Å². The lowest BCUT2D eigenvalue weighted by Crippen LogP contribution is -2.29. The van der Waals surface area contributed by atoms with Crippen LogP contribution in [0, 0.1) is 27.7 Å². The highest BCUT2D eigenvalue weighted by Gasteiger charge is 2.24. The zero-order chi connectivity index (χ0) is 15.5. The Labute approximate surface area is 127 Å². The molecule has 1 rings (SSSR count). The Morgan fingerprint density at radius 1 is 0.900 bits per heavy atom. The van der Waals surface area contributed by atoms with Crippen LogP contribution >= 0.6 is 0 Å². The highest BCUT2D eigenvalue weighted by atomic mass is 28.3. The SMILES string of the molecule is CC[Si](/C=C(\C)c1cc(C)c(C)c(C)c1C)(CC)CC. The molecule has 0 heterocycles. The minimum absolute atomic E-state index is 1.20. The van der Waals surface area contributed by atoms with Crippen molar-refractivity contribution >= 4 is 13.6 Å². The van der Waals surface area contributed by atoms with Gasteiger partial charge in [-0.25, -0.2) is 0 Å². The van der Waals surface area contributed by atoms with Crippen LogP contribution in [0.4, 0.5) is 0 Å². The second-order valence-electron chi connectivity index (χ2n) is 6.37. The van der Waals surface area contributed by atoms with E-state index in [0.717, 1.165) is 0 Å². The maximum Gasteiger partial charge on any atom is 0.0773 e. The summed E-state index contributed by atoms with van der Waals surface area (Å²) in [5.41, 5.74) is 11.4. The van der Waals surface area contributed by atoms with Crippen molar-refractivity contribution < 1.29 is 0 Å². The van der Waals surface area contributed by atoms with E-state index in [-0.39, 0.29) is 0 Å². The minimum atomic E-state index is -1.20.